The number of rotatable bonds is 4. The molecule has 2 aromatic rings. The Morgan fingerprint density at radius 1 is 1.30 bits per heavy atom. The Balaban J connectivity index is 1.96. The molecule has 2 N–H and O–H groups in total. The maximum Gasteiger partial charge on any atom is 0.449 e. The first-order chi connectivity index (χ1) is 9.45. The molecule has 6 heteroatoms. The molecule has 0 amide bonds. The molecule has 1 heterocycles. The van der Waals surface area contributed by atoms with Crippen molar-refractivity contribution in [2.75, 3.05) is 5.73 Å². The van der Waals surface area contributed by atoms with Gasteiger partial charge in [0.2, 0.25) is 5.82 Å². The Hall–Kier alpha value is -1.72. The fourth-order valence-electron chi connectivity index (χ4n) is 2.53. The molecule has 0 bridgehead atoms. The Morgan fingerprint density at radius 3 is 2.70 bits per heavy atom. The summed E-state index contributed by atoms with van der Waals surface area (Å²) >= 11 is 0. The van der Waals surface area contributed by atoms with Gasteiger partial charge >= 0.3 is 6.18 Å². The number of nitrogens with zero attached hydrogens (tertiary/aromatic N) is 2. The molecule has 0 saturated heterocycles. The van der Waals surface area contributed by atoms with E-state index in [1.807, 2.05) is 0 Å². The quantitative estimate of drug-likeness (QED) is 0.867. The van der Waals surface area contributed by atoms with E-state index in [0.29, 0.717) is 23.3 Å². The molecule has 1 fully saturated rings. The number of anilines is 1. The molecule has 1 aliphatic rings. The number of hydrogen-bond acceptors (Lipinski definition) is 2. The lowest BCUT2D eigenvalue weighted by molar-refractivity contribution is -0.147. The van der Waals surface area contributed by atoms with Crippen molar-refractivity contribution in [3.8, 4) is 0 Å². The molecular formula is C14H16F3N3. The van der Waals surface area contributed by atoms with Crippen LogP contribution >= 0.6 is 0 Å². The van der Waals surface area contributed by atoms with Crippen molar-refractivity contribution in [1.29, 1.82) is 0 Å². The Bertz CT molecular complexity index is 626. The third-order valence-corrected chi connectivity index (χ3v) is 3.72. The number of aromatic nitrogens is 2. The van der Waals surface area contributed by atoms with Gasteiger partial charge < -0.3 is 10.3 Å². The zero-order valence-electron chi connectivity index (χ0n) is 11.0. The lowest BCUT2D eigenvalue weighted by atomic mass is 10.2. The van der Waals surface area contributed by atoms with Crippen molar-refractivity contribution in [2.24, 2.45) is 5.92 Å². The standard InChI is InChI=1S/C14H16F3N3/c15-14(16,17)13-19-11-8-10(18)5-6-12(11)20(13)7-1-2-9-3-4-9/h5-6,8-9H,1-4,7,18H2. The first-order valence-electron chi connectivity index (χ1n) is 6.78. The molecule has 1 aromatic heterocycles. The summed E-state index contributed by atoms with van der Waals surface area (Å²) in [5, 5.41) is 0. The number of nitrogen functional groups attached to an aromatic ring is 1. The largest absolute Gasteiger partial charge is 0.449 e. The van der Waals surface area contributed by atoms with Crippen molar-refractivity contribution in [3.63, 3.8) is 0 Å². The number of aryl methyl sites for hydroxylation is 1. The van der Waals surface area contributed by atoms with Gasteiger partial charge in [-0.1, -0.05) is 12.8 Å². The van der Waals surface area contributed by atoms with Crippen LogP contribution in [0.15, 0.2) is 18.2 Å². The molecule has 0 radical (unpaired) electrons. The van der Waals surface area contributed by atoms with Crippen LogP contribution < -0.4 is 5.73 Å². The predicted octanol–water partition coefficient (Wildman–Crippen LogP) is 3.83. The van der Waals surface area contributed by atoms with E-state index < -0.39 is 12.0 Å². The smallest absolute Gasteiger partial charge is 0.399 e. The van der Waals surface area contributed by atoms with E-state index >= 15 is 0 Å². The summed E-state index contributed by atoms with van der Waals surface area (Å²) in [5.41, 5.74) is 6.85. The van der Waals surface area contributed by atoms with Gasteiger partial charge in [0.25, 0.3) is 0 Å². The third kappa shape index (κ3) is 2.59. The molecule has 1 saturated carbocycles. The van der Waals surface area contributed by atoms with E-state index in [2.05, 4.69) is 4.98 Å². The number of benzene rings is 1. The first-order valence-corrected chi connectivity index (χ1v) is 6.78. The second kappa shape index (κ2) is 4.68. The maximum absolute atomic E-state index is 13.1. The molecule has 0 atom stereocenters. The number of alkyl halides is 3. The molecule has 3 rings (SSSR count). The average molecular weight is 283 g/mol. The van der Waals surface area contributed by atoms with E-state index in [1.165, 1.54) is 23.5 Å². The van der Waals surface area contributed by atoms with Gasteiger partial charge in [-0.25, -0.2) is 4.98 Å². The third-order valence-electron chi connectivity index (χ3n) is 3.72. The first kappa shape index (κ1) is 13.3. The van der Waals surface area contributed by atoms with Crippen LogP contribution in [-0.2, 0) is 12.7 Å². The number of hydrogen-bond donors (Lipinski definition) is 1. The zero-order valence-corrected chi connectivity index (χ0v) is 11.0. The number of imidazole rings is 1. The van der Waals surface area contributed by atoms with Crippen molar-refractivity contribution in [3.05, 3.63) is 24.0 Å². The lowest BCUT2D eigenvalue weighted by Gasteiger charge is -2.11. The van der Waals surface area contributed by atoms with Crippen LogP contribution in [0.3, 0.4) is 0 Å². The number of fused-ring (bicyclic) bond motifs is 1. The summed E-state index contributed by atoms with van der Waals surface area (Å²) in [7, 11) is 0. The van der Waals surface area contributed by atoms with Gasteiger partial charge in [0, 0.05) is 12.2 Å². The lowest BCUT2D eigenvalue weighted by Crippen LogP contribution is -2.15. The van der Waals surface area contributed by atoms with E-state index in [9.17, 15) is 13.2 Å². The van der Waals surface area contributed by atoms with Gasteiger partial charge in [-0.3, -0.25) is 0 Å². The second-order valence-corrected chi connectivity index (χ2v) is 5.42. The van der Waals surface area contributed by atoms with E-state index in [1.54, 1.807) is 12.1 Å². The Morgan fingerprint density at radius 2 is 2.05 bits per heavy atom. The minimum absolute atomic E-state index is 0.309. The SMILES string of the molecule is Nc1ccc2c(c1)nc(C(F)(F)F)n2CCCC1CC1. The summed E-state index contributed by atoms with van der Waals surface area (Å²) in [4.78, 5) is 3.72. The van der Waals surface area contributed by atoms with Crippen LogP contribution in [0.4, 0.5) is 18.9 Å². The Kier molecular flexibility index (Phi) is 3.11. The van der Waals surface area contributed by atoms with Crippen LogP contribution in [0.2, 0.25) is 0 Å². The van der Waals surface area contributed by atoms with Crippen LogP contribution in [0.25, 0.3) is 11.0 Å². The maximum atomic E-state index is 13.1. The highest BCUT2D eigenvalue weighted by Gasteiger charge is 2.37. The van der Waals surface area contributed by atoms with Crippen molar-refractivity contribution < 1.29 is 13.2 Å². The van der Waals surface area contributed by atoms with Crippen molar-refractivity contribution in [2.45, 2.75) is 38.4 Å². The second-order valence-electron chi connectivity index (χ2n) is 5.42. The molecule has 20 heavy (non-hydrogen) atoms. The average Bonchev–Trinajstić information content (AvgIpc) is 3.09. The van der Waals surface area contributed by atoms with E-state index in [0.717, 1.165) is 18.8 Å². The topological polar surface area (TPSA) is 43.8 Å². The highest BCUT2D eigenvalue weighted by molar-refractivity contribution is 5.79. The molecular weight excluding hydrogens is 267 g/mol. The number of nitrogens with two attached hydrogens (primary N) is 1. The van der Waals surface area contributed by atoms with Crippen LogP contribution in [0, 0.1) is 5.92 Å². The van der Waals surface area contributed by atoms with Gasteiger partial charge in [0.05, 0.1) is 11.0 Å². The summed E-state index contributed by atoms with van der Waals surface area (Å²) in [6.45, 7) is 0.353. The molecule has 0 spiro atoms. The Labute approximate surface area is 114 Å². The van der Waals surface area contributed by atoms with Gasteiger partial charge in [0.15, 0.2) is 0 Å². The van der Waals surface area contributed by atoms with Crippen LogP contribution in [0.5, 0.6) is 0 Å². The normalized spacial score (nSPS) is 15.9. The van der Waals surface area contributed by atoms with Gasteiger partial charge in [-0.15, -0.1) is 0 Å². The molecule has 0 unspecified atom stereocenters. The summed E-state index contributed by atoms with van der Waals surface area (Å²) in [6.07, 6.45) is -0.260. The summed E-state index contributed by atoms with van der Waals surface area (Å²) in [6, 6.07) is 4.72. The molecule has 0 aliphatic heterocycles. The minimum Gasteiger partial charge on any atom is -0.399 e. The van der Waals surface area contributed by atoms with Crippen molar-refractivity contribution in [1.82, 2.24) is 9.55 Å². The fourth-order valence-corrected chi connectivity index (χ4v) is 2.53. The summed E-state index contributed by atoms with van der Waals surface area (Å²) < 4.78 is 40.5. The van der Waals surface area contributed by atoms with Crippen molar-refractivity contribution >= 4 is 16.7 Å². The van der Waals surface area contributed by atoms with Gasteiger partial charge in [-0.05, 0) is 37.0 Å². The highest BCUT2D eigenvalue weighted by atomic mass is 19.4. The minimum atomic E-state index is -4.44. The monoisotopic (exact) mass is 283 g/mol. The highest BCUT2D eigenvalue weighted by Crippen LogP contribution is 2.35. The summed E-state index contributed by atoms with van der Waals surface area (Å²) in [5.74, 6) is -0.108. The number of halogens is 3. The molecule has 1 aromatic carbocycles. The van der Waals surface area contributed by atoms with Gasteiger partial charge in [0.1, 0.15) is 0 Å². The zero-order chi connectivity index (χ0) is 14.3. The molecule has 1 aliphatic carbocycles. The van der Waals surface area contributed by atoms with Crippen LogP contribution in [-0.4, -0.2) is 9.55 Å². The predicted molar refractivity (Wildman–Crippen MR) is 71.1 cm³/mol. The van der Waals surface area contributed by atoms with E-state index in [-0.39, 0.29) is 0 Å². The van der Waals surface area contributed by atoms with E-state index in [4.69, 9.17) is 5.73 Å². The van der Waals surface area contributed by atoms with Gasteiger partial charge in [-0.2, -0.15) is 13.2 Å². The molecule has 3 nitrogen and oxygen atoms in total. The molecule has 108 valence electrons. The van der Waals surface area contributed by atoms with Crippen LogP contribution in [0.1, 0.15) is 31.5 Å². The fraction of sp³-hybridized carbons (Fsp3) is 0.500.